The summed E-state index contributed by atoms with van der Waals surface area (Å²) in [5.74, 6) is 0.994. The second kappa shape index (κ2) is 9.50. The average Bonchev–Trinajstić information content (AvgIpc) is 3.44. The van der Waals surface area contributed by atoms with Crippen LogP contribution in [0.25, 0.3) is 0 Å². The number of ether oxygens (including phenoxy) is 3. The Balaban J connectivity index is 1.15. The molecule has 1 saturated heterocycles. The molecule has 4 saturated carbocycles. The fraction of sp³-hybridized carbons (Fsp3) is 0.897. The van der Waals surface area contributed by atoms with Crippen molar-refractivity contribution in [3.05, 3.63) is 11.6 Å². The van der Waals surface area contributed by atoms with Gasteiger partial charge in [0.25, 0.3) is 0 Å². The first-order chi connectivity index (χ1) is 18.0. The van der Waals surface area contributed by atoms with Crippen LogP contribution in [-0.4, -0.2) is 87.1 Å². The molecule has 2 heterocycles. The molecule has 214 valence electrons. The fourth-order valence-corrected chi connectivity index (χ4v) is 9.86. The van der Waals surface area contributed by atoms with Crippen molar-refractivity contribution in [1.82, 2.24) is 0 Å². The first-order valence-corrected chi connectivity index (χ1v) is 14.6. The highest BCUT2D eigenvalue weighted by Crippen LogP contribution is 2.70. The minimum Gasteiger partial charge on any atom is -0.458 e. The molecule has 2 aliphatic heterocycles. The lowest BCUT2D eigenvalue weighted by Crippen LogP contribution is -2.63. The van der Waals surface area contributed by atoms with Crippen molar-refractivity contribution in [2.24, 2.45) is 34.5 Å². The summed E-state index contributed by atoms with van der Waals surface area (Å²) < 4.78 is 17.0. The van der Waals surface area contributed by atoms with E-state index in [-0.39, 0.29) is 34.7 Å². The van der Waals surface area contributed by atoms with E-state index in [9.17, 15) is 30.3 Å². The van der Waals surface area contributed by atoms with E-state index in [0.717, 1.165) is 63.4 Å². The quantitative estimate of drug-likeness (QED) is 0.266. The lowest BCUT2D eigenvalue weighted by atomic mass is 9.43. The van der Waals surface area contributed by atoms with Gasteiger partial charge in [-0.1, -0.05) is 13.8 Å². The van der Waals surface area contributed by atoms with Gasteiger partial charge in [0.2, 0.25) is 0 Å². The van der Waals surface area contributed by atoms with Gasteiger partial charge in [0, 0.05) is 11.5 Å². The number of carbonyl (C=O) groups is 1. The fourth-order valence-electron chi connectivity index (χ4n) is 9.86. The van der Waals surface area contributed by atoms with Gasteiger partial charge in [-0.15, -0.1) is 0 Å². The van der Waals surface area contributed by atoms with Crippen molar-refractivity contribution in [3.8, 4) is 0 Å². The van der Waals surface area contributed by atoms with Crippen LogP contribution in [0.1, 0.15) is 71.6 Å². The molecule has 6 rings (SSSR count). The second-order valence-corrected chi connectivity index (χ2v) is 13.5. The van der Waals surface area contributed by atoms with Crippen molar-refractivity contribution < 1.29 is 44.5 Å². The highest BCUT2D eigenvalue weighted by molar-refractivity contribution is 5.85. The zero-order chi connectivity index (χ0) is 27.0. The predicted molar refractivity (Wildman–Crippen MR) is 134 cm³/mol. The summed E-state index contributed by atoms with van der Waals surface area (Å²) in [5, 5.41) is 52.6. The van der Waals surface area contributed by atoms with E-state index in [4.69, 9.17) is 14.2 Å². The van der Waals surface area contributed by atoms with Crippen LogP contribution in [0.3, 0.4) is 0 Å². The number of fused-ring (bicyclic) bond motifs is 5. The largest absolute Gasteiger partial charge is 0.458 e. The van der Waals surface area contributed by atoms with E-state index in [1.54, 1.807) is 6.08 Å². The third-order valence-corrected chi connectivity index (χ3v) is 12.1. The van der Waals surface area contributed by atoms with Crippen LogP contribution in [0.4, 0.5) is 0 Å². The van der Waals surface area contributed by atoms with Gasteiger partial charge in [-0.05, 0) is 92.4 Å². The lowest BCUT2D eigenvalue weighted by molar-refractivity contribution is -0.317. The molecule has 0 amide bonds. The van der Waals surface area contributed by atoms with Gasteiger partial charge in [-0.3, -0.25) is 0 Å². The monoisotopic (exact) mass is 536 g/mol. The SMILES string of the molecule is C[C@]12CC[C@H](O[C@@H]3O[C@@H](CO)[C@@H](O)[C@H](O)[C@@H]3O)CC1CC[C@@H]1[C@@H]2CC[C@]2(C)[C@@H](C3=CC(=O)OC3)CC[C@@]12O. The van der Waals surface area contributed by atoms with E-state index < -0.39 is 42.9 Å². The molecule has 38 heavy (non-hydrogen) atoms. The first-order valence-electron chi connectivity index (χ1n) is 14.6. The molecular weight excluding hydrogens is 492 g/mol. The Bertz CT molecular complexity index is 968. The van der Waals surface area contributed by atoms with Crippen LogP contribution in [0.15, 0.2) is 11.6 Å². The van der Waals surface area contributed by atoms with Crippen LogP contribution in [-0.2, 0) is 19.0 Å². The Morgan fingerprint density at radius 1 is 0.974 bits per heavy atom. The number of hydrogen-bond acceptors (Lipinski definition) is 9. The van der Waals surface area contributed by atoms with Crippen LogP contribution >= 0.6 is 0 Å². The number of aliphatic hydroxyl groups excluding tert-OH is 4. The molecule has 9 nitrogen and oxygen atoms in total. The molecule has 9 heteroatoms. The standard InChI is InChI=1S/C29H44O9/c1-27-8-5-17(37-26-25(34)24(33)23(32)21(13-30)38-26)12-16(27)3-4-20-19(27)6-9-28(2)18(7-10-29(20,28)35)15-11-22(31)36-14-15/h11,16-21,23-26,30,32-35H,3-10,12-14H2,1-2H3/t16?,17-,18+,19-,20+,21-,23+,24-,25-,26+,27-,28+,29+/m0/s1. The van der Waals surface area contributed by atoms with Gasteiger partial charge in [0.15, 0.2) is 6.29 Å². The number of carbonyl (C=O) groups excluding carboxylic acids is 1. The molecule has 5 fully saturated rings. The highest BCUT2D eigenvalue weighted by atomic mass is 16.7. The molecule has 6 aliphatic rings. The summed E-state index contributed by atoms with van der Waals surface area (Å²) in [5.41, 5.74) is 0.141. The molecule has 0 bridgehead atoms. The Kier molecular flexibility index (Phi) is 6.78. The number of cyclic esters (lactones) is 1. The molecule has 13 atom stereocenters. The van der Waals surface area contributed by atoms with Crippen molar-refractivity contribution in [1.29, 1.82) is 0 Å². The van der Waals surface area contributed by atoms with Gasteiger partial charge in [0.05, 0.1) is 18.3 Å². The maximum Gasteiger partial charge on any atom is 0.331 e. The summed E-state index contributed by atoms with van der Waals surface area (Å²) in [7, 11) is 0. The number of esters is 1. The van der Waals surface area contributed by atoms with Gasteiger partial charge in [0.1, 0.15) is 31.0 Å². The Morgan fingerprint density at radius 2 is 1.76 bits per heavy atom. The lowest BCUT2D eigenvalue weighted by Gasteiger charge is -2.64. The zero-order valence-corrected chi connectivity index (χ0v) is 22.5. The zero-order valence-electron chi connectivity index (χ0n) is 22.5. The van der Waals surface area contributed by atoms with E-state index in [1.165, 1.54) is 0 Å². The molecule has 0 spiro atoms. The van der Waals surface area contributed by atoms with Gasteiger partial charge in [-0.2, -0.15) is 0 Å². The predicted octanol–water partition coefficient (Wildman–Crippen LogP) is 1.43. The summed E-state index contributed by atoms with van der Waals surface area (Å²) in [6.07, 6.45) is 3.41. The third-order valence-electron chi connectivity index (χ3n) is 12.1. The minimum atomic E-state index is -1.44. The van der Waals surface area contributed by atoms with Gasteiger partial charge >= 0.3 is 5.97 Å². The molecule has 0 radical (unpaired) electrons. The van der Waals surface area contributed by atoms with Crippen LogP contribution in [0.2, 0.25) is 0 Å². The van der Waals surface area contributed by atoms with Crippen molar-refractivity contribution in [3.63, 3.8) is 0 Å². The maximum absolute atomic E-state index is 12.4. The second-order valence-electron chi connectivity index (χ2n) is 13.5. The van der Waals surface area contributed by atoms with E-state index in [1.807, 2.05) is 0 Å². The first kappa shape index (κ1) is 27.1. The molecule has 5 N–H and O–H groups in total. The van der Waals surface area contributed by atoms with E-state index in [0.29, 0.717) is 18.4 Å². The van der Waals surface area contributed by atoms with Crippen molar-refractivity contribution >= 4 is 5.97 Å². The van der Waals surface area contributed by atoms with Crippen LogP contribution in [0, 0.1) is 34.5 Å². The smallest absolute Gasteiger partial charge is 0.331 e. The normalized spacial score (nSPS) is 54.5. The average molecular weight is 537 g/mol. The van der Waals surface area contributed by atoms with E-state index >= 15 is 0 Å². The summed E-state index contributed by atoms with van der Waals surface area (Å²) in [6.45, 7) is 4.52. The van der Waals surface area contributed by atoms with Crippen LogP contribution in [0.5, 0.6) is 0 Å². The molecule has 1 unspecified atom stereocenters. The number of hydrogen-bond donors (Lipinski definition) is 5. The number of rotatable bonds is 4. The van der Waals surface area contributed by atoms with Gasteiger partial charge < -0.3 is 39.7 Å². The van der Waals surface area contributed by atoms with Crippen LogP contribution < -0.4 is 0 Å². The summed E-state index contributed by atoms with van der Waals surface area (Å²) in [4.78, 5) is 11.8. The highest BCUT2D eigenvalue weighted by Gasteiger charge is 2.67. The molecule has 0 aromatic heterocycles. The summed E-state index contributed by atoms with van der Waals surface area (Å²) in [6, 6.07) is 0. The Hall–Kier alpha value is -1.07. The third kappa shape index (κ3) is 3.87. The topological polar surface area (TPSA) is 146 Å². The van der Waals surface area contributed by atoms with Crippen molar-refractivity contribution in [2.75, 3.05) is 13.2 Å². The minimum absolute atomic E-state index is 0.0823. The maximum atomic E-state index is 12.4. The molecule has 0 aromatic carbocycles. The van der Waals surface area contributed by atoms with Gasteiger partial charge in [-0.25, -0.2) is 4.79 Å². The van der Waals surface area contributed by atoms with Crippen molar-refractivity contribution in [2.45, 2.75) is 114 Å². The molecular formula is C29H44O9. The Morgan fingerprint density at radius 3 is 2.47 bits per heavy atom. The van der Waals surface area contributed by atoms with E-state index in [2.05, 4.69) is 13.8 Å². The molecule has 4 aliphatic carbocycles. The number of aliphatic hydroxyl groups is 5. The molecule has 0 aromatic rings. The summed E-state index contributed by atoms with van der Waals surface area (Å²) >= 11 is 0. The Labute approximate surface area is 224 Å².